The molecule has 0 heterocycles. The molecule has 0 fully saturated rings. The van der Waals surface area contributed by atoms with Crippen molar-refractivity contribution < 1.29 is 10.2 Å². The monoisotopic (exact) mass is 250 g/mol. The number of anilines is 1. The molecule has 2 atom stereocenters. The van der Waals surface area contributed by atoms with E-state index in [0.29, 0.717) is 11.3 Å². The van der Waals surface area contributed by atoms with Crippen LogP contribution in [-0.2, 0) is 0 Å². The molecule has 0 aliphatic rings. The Balaban J connectivity index is 3.09. The van der Waals surface area contributed by atoms with Crippen LogP contribution in [0.4, 0.5) is 5.69 Å². The molecule has 15 heavy (non-hydrogen) atoms. The van der Waals surface area contributed by atoms with Crippen molar-refractivity contribution in [1.29, 1.82) is 0 Å². The van der Waals surface area contributed by atoms with Crippen LogP contribution >= 0.6 is 23.2 Å². The normalized spacial score (nSPS) is 15.0. The van der Waals surface area contributed by atoms with Gasteiger partial charge in [-0.25, -0.2) is 0 Å². The van der Waals surface area contributed by atoms with E-state index in [1.54, 1.807) is 0 Å². The molecular weight excluding hydrogens is 239 g/mol. The molecule has 0 aliphatic heterocycles. The summed E-state index contributed by atoms with van der Waals surface area (Å²) in [6.07, 6.45) is -2.25. The summed E-state index contributed by atoms with van der Waals surface area (Å²) >= 11 is 11.6. The first-order valence-corrected chi connectivity index (χ1v) is 5.03. The van der Waals surface area contributed by atoms with E-state index in [4.69, 9.17) is 34.7 Å². The lowest BCUT2D eigenvalue weighted by molar-refractivity contribution is 0.0244. The van der Waals surface area contributed by atoms with E-state index in [-0.39, 0.29) is 16.6 Å². The van der Waals surface area contributed by atoms with E-state index < -0.39 is 12.2 Å². The molecule has 1 rings (SSSR count). The van der Waals surface area contributed by atoms with E-state index in [1.807, 2.05) is 0 Å². The van der Waals surface area contributed by atoms with Crippen LogP contribution in [-0.4, -0.2) is 22.9 Å². The Bertz CT molecular complexity index is 360. The fourth-order valence-corrected chi connectivity index (χ4v) is 1.60. The van der Waals surface area contributed by atoms with Crippen molar-refractivity contribution in [2.24, 2.45) is 5.73 Å². The first kappa shape index (κ1) is 12.5. The molecule has 0 aromatic heterocycles. The summed E-state index contributed by atoms with van der Waals surface area (Å²) in [5.41, 5.74) is 11.4. The maximum atomic E-state index is 9.67. The lowest BCUT2D eigenvalue weighted by atomic mass is 10.0. The van der Waals surface area contributed by atoms with Gasteiger partial charge in [-0.15, -0.1) is 0 Å². The van der Waals surface area contributed by atoms with Gasteiger partial charge in [0.25, 0.3) is 0 Å². The predicted octanol–water partition coefficient (Wildman–Crippen LogP) is 0.929. The minimum atomic E-state index is -1.17. The number of nitrogens with two attached hydrogens (primary N) is 2. The Labute approximate surface area is 97.4 Å². The summed E-state index contributed by atoms with van der Waals surface area (Å²) in [7, 11) is 0. The highest BCUT2D eigenvalue weighted by atomic mass is 35.5. The largest absolute Gasteiger partial charge is 0.397 e. The molecule has 2 unspecified atom stereocenters. The van der Waals surface area contributed by atoms with E-state index >= 15 is 0 Å². The zero-order chi connectivity index (χ0) is 11.6. The first-order chi connectivity index (χ1) is 6.97. The van der Waals surface area contributed by atoms with E-state index in [2.05, 4.69) is 0 Å². The van der Waals surface area contributed by atoms with Gasteiger partial charge in [-0.1, -0.05) is 23.2 Å². The molecular formula is C9H12Cl2N2O2. The summed E-state index contributed by atoms with van der Waals surface area (Å²) < 4.78 is 0. The average Bonchev–Trinajstić information content (AvgIpc) is 2.21. The summed E-state index contributed by atoms with van der Waals surface area (Å²) in [4.78, 5) is 0. The highest BCUT2D eigenvalue weighted by Gasteiger charge is 2.20. The third kappa shape index (κ3) is 2.74. The van der Waals surface area contributed by atoms with E-state index in [0.717, 1.165) is 0 Å². The summed E-state index contributed by atoms with van der Waals surface area (Å²) in [6.45, 7) is -0.0699. The van der Waals surface area contributed by atoms with Crippen LogP contribution in [0.3, 0.4) is 0 Å². The molecule has 0 saturated heterocycles. The number of benzene rings is 1. The van der Waals surface area contributed by atoms with Crippen molar-refractivity contribution in [1.82, 2.24) is 0 Å². The standard InChI is InChI=1S/C9H12Cl2N2O2/c10-5-2-7(13)6(11)1-4(5)9(15)8(14)3-12/h1-2,8-9,14-15H,3,12-13H2. The SMILES string of the molecule is NCC(O)C(O)c1cc(Cl)c(N)cc1Cl. The Morgan fingerprint density at radius 3 is 2.33 bits per heavy atom. The van der Waals surface area contributed by atoms with Crippen molar-refractivity contribution in [2.45, 2.75) is 12.2 Å². The topological polar surface area (TPSA) is 92.5 Å². The molecule has 0 bridgehead atoms. The second-order valence-corrected chi connectivity index (χ2v) is 3.96. The van der Waals surface area contributed by atoms with Crippen LogP contribution < -0.4 is 11.5 Å². The Morgan fingerprint density at radius 2 is 1.80 bits per heavy atom. The van der Waals surface area contributed by atoms with Gasteiger partial charge in [0.05, 0.1) is 16.8 Å². The number of rotatable bonds is 3. The molecule has 6 heteroatoms. The van der Waals surface area contributed by atoms with Gasteiger partial charge in [0.1, 0.15) is 6.10 Å². The maximum absolute atomic E-state index is 9.67. The van der Waals surface area contributed by atoms with Gasteiger partial charge in [0, 0.05) is 17.1 Å². The molecule has 4 nitrogen and oxygen atoms in total. The van der Waals surface area contributed by atoms with Crippen LogP contribution in [0.5, 0.6) is 0 Å². The molecule has 1 aromatic rings. The number of hydrogen-bond donors (Lipinski definition) is 4. The van der Waals surface area contributed by atoms with Crippen LogP contribution in [0, 0.1) is 0 Å². The van der Waals surface area contributed by atoms with Crippen molar-refractivity contribution in [3.8, 4) is 0 Å². The molecule has 0 radical (unpaired) electrons. The first-order valence-electron chi connectivity index (χ1n) is 4.28. The number of aliphatic hydroxyl groups excluding tert-OH is 2. The lowest BCUT2D eigenvalue weighted by Gasteiger charge is -2.18. The van der Waals surface area contributed by atoms with Crippen molar-refractivity contribution in [3.63, 3.8) is 0 Å². The highest BCUT2D eigenvalue weighted by Crippen LogP contribution is 2.32. The van der Waals surface area contributed by atoms with Gasteiger partial charge in [0.2, 0.25) is 0 Å². The summed E-state index contributed by atoms with van der Waals surface area (Å²) in [6, 6.07) is 2.84. The fraction of sp³-hybridized carbons (Fsp3) is 0.333. The van der Waals surface area contributed by atoms with E-state index in [1.165, 1.54) is 12.1 Å². The Hall–Kier alpha value is -0.520. The Kier molecular flexibility index (Phi) is 4.19. The fourth-order valence-electron chi connectivity index (χ4n) is 1.14. The highest BCUT2D eigenvalue weighted by molar-refractivity contribution is 6.35. The number of nitrogen functional groups attached to an aromatic ring is 1. The number of hydrogen-bond acceptors (Lipinski definition) is 4. The van der Waals surface area contributed by atoms with Gasteiger partial charge < -0.3 is 21.7 Å². The van der Waals surface area contributed by atoms with Crippen LogP contribution in [0.25, 0.3) is 0 Å². The average molecular weight is 251 g/mol. The number of aliphatic hydroxyl groups is 2. The zero-order valence-corrected chi connectivity index (χ0v) is 9.33. The van der Waals surface area contributed by atoms with Gasteiger partial charge >= 0.3 is 0 Å². The van der Waals surface area contributed by atoms with Crippen LogP contribution in [0.15, 0.2) is 12.1 Å². The second kappa shape index (κ2) is 5.01. The third-order valence-electron chi connectivity index (χ3n) is 2.04. The third-order valence-corrected chi connectivity index (χ3v) is 2.70. The predicted molar refractivity (Wildman–Crippen MR) is 60.9 cm³/mol. The minimum absolute atomic E-state index is 0.0699. The minimum Gasteiger partial charge on any atom is -0.397 e. The van der Waals surface area contributed by atoms with Crippen LogP contribution in [0.1, 0.15) is 11.7 Å². The smallest absolute Gasteiger partial charge is 0.108 e. The van der Waals surface area contributed by atoms with Crippen molar-refractivity contribution in [3.05, 3.63) is 27.7 Å². The molecule has 0 amide bonds. The zero-order valence-electron chi connectivity index (χ0n) is 7.82. The summed E-state index contributed by atoms with van der Waals surface area (Å²) in [5.74, 6) is 0. The molecule has 0 aliphatic carbocycles. The summed E-state index contributed by atoms with van der Waals surface area (Å²) in [5, 5.41) is 19.6. The lowest BCUT2D eigenvalue weighted by Crippen LogP contribution is -2.27. The number of halogens is 2. The molecule has 84 valence electrons. The van der Waals surface area contributed by atoms with Crippen LogP contribution in [0.2, 0.25) is 10.0 Å². The van der Waals surface area contributed by atoms with Crippen molar-refractivity contribution >= 4 is 28.9 Å². The molecule has 6 N–H and O–H groups in total. The molecule has 0 saturated carbocycles. The maximum Gasteiger partial charge on any atom is 0.108 e. The van der Waals surface area contributed by atoms with Crippen molar-refractivity contribution in [2.75, 3.05) is 12.3 Å². The second-order valence-electron chi connectivity index (χ2n) is 3.14. The van der Waals surface area contributed by atoms with E-state index in [9.17, 15) is 10.2 Å². The quantitative estimate of drug-likeness (QED) is 0.601. The Morgan fingerprint density at radius 1 is 1.20 bits per heavy atom. The van der Waals surface area contributed by atoms with Gasteiger partial charge in [0.15, 0.2) is 0 Å². The van der Waals surface area contributed by atoms with Gasteiger partial charge in [-0.05, 0) is 12.1 Å². The van der Waals surface area contributed by atoms with Gasteiger partial charge in [-0.3, -0.25) is 0 Å². The molecule has 1 aromatic carbocycles. The molecule has 0 spiro atoms. The van der Waals surface area contributed by atoms with Gasteiger partial charge in [-0.2, -0.15) is 0 Å².